The fourth-order valence-electron chi connectivity index (χ4n) is 1.83. The summed E-state index contributed by atoms with van der Waals surface area (Å²) in [6.45, 7) is 1.83. The molecule has 0 heterocycles. The standard InChI is InChI=1S/C16H19FN2O2/c17-14-5-6-15(13(10-14)2-1-7-18)16(20)19-8-9-21-11-12-3-4-12/h5-6,10,12H,3-4,7-9,11,18H2,(H,19,20). The second-order valence-electron chi connectivity index (χ2n) is 4.97. The van der Waals surface area contributed by atoms with Gasteiger partial charge >= 0.3 is 0 Å². The lowest BCUT2D eigenvalue weighted by Gasteiger charge is -2.08. The van der Waals surface area contributed by atoms with Crippen LogP contribution in [0.25, 0.3) is 0 Å². The highest BCUT2D eigenvalue weighted by Crippen LogP contribution is 2.28. The van der Waals surface area contributed by atoms with E-state index in [1.165, 1.54) is 31.0 Å². The average Bonchev–Trinajstić information content (AvgIpc) is 3.28. The van der Waals surface area contributed by atoms with E-state index >= 15 is 0 Å². The van der Waals surface area contributed by atoms with Crippen molar-refractivity contribution in [3.05, 3.63) is 35.1 Å². The van der Waals surface area contributed by atoms with E-state index in [9.17, 15) is 9.18 Å². The third-order valence-corrected chi connectivity index (χ3v) is 3.13. The van der Waals surface area contributed by atoms with Gasteiger partial charge in [-0.3, -0.25) is 4.79 Å². The fraction of sp³-hybridized carbons (Fsp3) is 0.438. The van der Waals surface area contributed by atoms with Crippen molar-refractivity contribution in [2.24, 2.45) is 11.7 Å². The Morgan fingerprint density at radius 1 is 1.48 bits per heavy atom. The van der Waals surface area contributed by atoms with Crippen LogP contribution in [0.2, 0.25) is 0 Å². The lowest BCUT2D eigenvalue weighted by Crippen LogP contribution is -2.28. The van der Waals surface area contributed by atoms with Crippen molar-refractivity contribution in [1.82, 2.24) is 5.32 Å². The molecule has 0 spiro atoms. The van der Waals surface area contributed by atoms with E-state index in [1.807, 2.05) is 0 Å². The Hall–Kier alpha value is -1.90. The van der Waals surface area contributed by atoms with Crippen molar-refractivity contribution in [3.8, 4) is 11.8 Å². The van der Waals surface area contributed by atoms with Gasteiger partial charge in [-0.25, -0.2) is 4.39 Å². The quantitative estimate of drug-likeness (QED) is 0.613. The van der Waals surface area contributed by atoms with Gasteiger partial charge in [0, 0.05) is 18.7 Å². The highest BCUT2D eigenvalue weighted by molar-refractivity contribution is 5.96. The van der Waals surface area contributed by atoms with E-state index in [0.717, 1.165) is 6.61 Å². The Bertz CT molecular complexity index is 559. The van der Waals surface area contributed by atoms with Crippen LogP contribution in [0, 0.1) is 23.6 Å². The van der Waals surface area contributed by atoms with E-state index in [-0.39, 0.29) is 12.5 Å². The molecule has 1 aromatic rings. The summed E-state index contributed by atoms with van der Waals surface area (Å²) in [5.41, 5.74) is 5.99. The van der Waals surface area contributed by atoms with Crippen molar-refractivity contribution < 1.29 is 13.9 Å². The maximum atomic E-state index is 13.2. The molecule has 1 saturated carbocycles. The molecule has 0 saturated heterocycles. The molecule has 21 heavy (non-hydrogen) atoms. The SMILES string of the molecule is NCC#Cc1cc(F)ccc1C(=O)NCCOCC1CC1. The predicted octanol–water partition coefficient (Wildman–Crippen LogP) is 1.29. The van der Waals surface area contributed by atoms with Crippen molar-refractivity contribution >= 4 is 5.91 Å². The summed E-state index contributed by atoms with van der Waals surface area (Å²) in [6.07, 6.45) is 2.48. The molecule has 1 amide bonds. The highest BCUT2D eigenvalue weighted by Gasteiger charge is 2.20. The minimum atomic E-state index is -0.430. The zero-order valence-electron chi connectivity index (χ0n) is 11.8. The van der Waals surface area contributed by atoms with Crippen LogP contribution >= 0.6 is 0 Å². The summed E-state index contributed by atoms with van der Waals surface area (Å²) in [5, 5.41) is 2.74. The Balaban J connectivity index is 1.87. The summed E-state index contributed by atoms with van der Waals surface area (Å²) in [6, 6.07) is 3.91. The number of hydrogen-bond donors (Lipinski definition) is 2. The van der Waals surface area contributed by atoms with Crippen molar-refractivity contribution in [2.45, 2.75) is 12.8 Å². The minimum absolute atomic E-state index is 0.159. The second-order valence-corrected chi connectivity index (χ2v) is 4.97. The molecule has 112 valence electrons. The Morgan fingerprint density at radius 2 is 2.29 bits per heavy atom. The van der Waals surface area contributed by atoms with Gasteiger partial charge in [0.2, 0.25) is 0 Å². The number of hydrogen-bond acceptors (Lipinski definition) is 3. The molecule has 0 unspecified atom stereocenters. The molecule has 0 aromatic heterocycles. The summed E-state index contributed by atoms with van der Waals surface area (Å²) in [7, 11) is 0. The number of carbonyl (C=O) groups is 1. The third-order valence-electron chi connectivity index (χ3n) is 3.13. The summed E-state index contributed by atoms with van der Waals surface area (Å²) in [4.78, 5) is 12.1. The molecule has 0 aliphatic heterocycles. The summed E-state index contributed by atoms with van der Waals surface area (Å²) < 4.78 is 18.7. The second kappa shape index (κ2) is 7.77. The smallest absolute Gasteiger partial charge is 0.252 e. The number of ether oxygens (including phenoxy) is 1. The van der Waals surface area contributed by atoms with Gasteiger partial charge in [0.1, 0.15) is 5.82 Å². The average molecular weight is 290 g/mol. The first-order chi connectivity index (χ1) is 10.2. The van der Waals surface area contributed by atoms with Gasteiger partial charge in [0.25, 0.3) is 5.91 Å². The number of amides is 1. The zero-order valence-corrected chi connectivity index (χ0v) is 11.8. The lowest BCUT2D eigenvalue weighted by atomic mass is 10.1. The molecule has 1 aliphatic rings. The number of carbonyl (C=O) groups excluding carboxylic acids is 1. The van der Waals surface area contributed by atoms with Crippen LogP contribution in [0.3, 0.4) is 0 Å². The van der Waals surface area contributed by atoms with Gasteiger partial charge in [-0.05, 0) is 37.0 Å². The number of nitrogens with one attached hydrogen (secondary N) is 1. The van der Waals surface area contributed by atoms with Crippen LogP contribution in [-0.2, 0) is 4.74 Å². The van der Waals surface area contributed by atoms with Crippen LogP contribution in [0.4, 0.5) is 4.39 Å². The van der Waals surface area contributed by atoms with Gasteiger partial charge in [0.15, 0.2) is 0 Å². The van der Waals surface area contributed by atoms with Crippen molar-refractivity contribution in [1.29, 1.82) is 0 Å². The first-order valence-electron chi connectivity index (χ1n) is 7.05. The summed E-state index contributed by atoms with van der Waals surface area (Å²) in [5.74, 6) is 5.33. The van der Waals surface area contributed by atoms with Crippen molar-refractivity contribution in [3.63, 3.8) is 0 Å². The van der Waals surface area contributed by atoms with Crippen molar-refractivity contribution in [2.75, 3.05) is 26.3 Å². The van der Waals surface area contributed by atoms with Gasteiger partial charge in [-0.1, -0.05) is 11.8 Å². The van der Waals surface area contributed by atoms with E-state index in [0.29, 0.717) is 30.2 Å². The minimum Gasteiger partial charge on any atom is -0.379 e. The summed E-state index contributed by atoms with van der Waals surface area (Å²) >= 11 is 0. The molecule has 5 heteroatoms. The van der Waals surface area contributed by atoms with Crippen LogP contribution < -0.4 is 11.1 Å². The van der Waals surface area contributed by atoms with Gasteiger partial charge in [0.05, 0.1) is 18.7 Å². The maximum Gasteiger partial charge on any atom is 0.252 e. The number of benzene rings is 1. The monoisotopic (exact) mass is 290 g/mol. The molecular formula is C16H19FN2O2. The molecule has 0 bridgehead atoms. The van der Waals surface area contributed by atoms with E-state index in [4.69, 9.17) is 10.5 Å². The van der Waals surface area contributed by atoms with Crippen LogP contribution in [0.5, 0.6) is 0 Å². The number of nitrogens with two attached hydrogens (primary N) is 1. The van der Waals surface area contributed by atoms with Crippen LogP contribution in [0.15, 0.2) is 18.2 Å². The zero-order chi connectivity index (χ0) is 15.1. The topological polar surface area (TPSA) is 64.4 Å². The maximum absolute atomic E-state index is 13.2. The fourth-order valence-corrected chi connectivity index (χ4v) is 1.83. The normalized spacial score (nSPS) is 13.4. The molecule has 0 atom stereocenters. The molecule has 1 aliphatic carbocycles. The van der Waals surface area contributed by atoms with Gasteiger partial charge in [-0.15, -0.1) is 0 Å². The molecule has 2 rings (SSSR count). The van der Waals surface area contributed by atoms with Crippen LogP contribution in [-0.4, -0.2) is 32.2 Å². The van der Waals surface area contributed by atoms with E-state index in [1.54, 1.807) is 0 Å². The van der Waals surface area contributed by atoms with E-state index in [2.05, 4.69) is 17.2 Å². The molecular weight excluding hydrogens is 271 g/mol. The molecule has 1 fully saturated rings. The Kier molecular flexibility index (Phi) is 5.73. The molecule has 1 aromatic carbocycles. The van der Waals surface area contributed by atoms with Gasteiger partial charge in [-0.2, -0.15) is 0 Å². The third kappa shape index (κ3) is 5.18. The largest absolute Gasteiger partial charge is 0.379 e. The van der Waals surface area contributed by atoms with E-state index < -0.39 is 5.82 Å². The van der Waals surface area contributed by atoms with Gasteiger partial charge < -0.3 is 15.8 Å². The Labute approximate surface area is 123 Å². The Morgan fingerprint density at radius 3 is 3.00 bits per heavy atom. The predicted molar refractivity (Wildman–Crippen MR) is 78.2 cm³/mol. The first-order valence-corrected chi connectivity index (χ1v) is 7.05. The number of rotatable bonds is 6. The van der Waals surface area contributed by atoms with Crippen LogP contribution in [0.1, 0.15) is 28.8 Å². The molecule has 3 N–H and O–H groups in total. The lowest BCUT2D eigenvalue weighted by molar-refractivity contribution is 0.0906. The molecule has 0 radical (unpaired) electrons. The first kappa shape index (κ1) is 15.5. The number of halogens is 1. The molecule has 4 nitrogen and oxygen atoms in total. The highest BCUT2D eigenvalue weighted by atomic mass is 19.1.